The molecule has 4 atom stereocenters. The zero-order chi connectivity index (χ0) is 35.1. The van der Waals surface area contributed by atoms with Gasteiger partial charge in [-0.3, -0.25) is 24.2 Å². The van der Waals surface area contributed by atoms with E-state index in [1.165, 1.54) is 17.5 Å². The topological polar surface area (TPSA) is 111 Å². The minimum Gasteiger partial charge on any atom is -0.444 e. The van der Waals surface area contributed by atoms with Crippen LogP contribution in [0.25, 0.3) is 0 Å². The molecule has 10 heteroatoms. The summed E-state index contributed by atoms with van der Waals surface area (Å²) >= 11 is 0. The number of rotatable bonds is 9. The van der Waals surface area contributed by atoms with E-state index in [2.05, 4.69) is 39.8 Å². The van der Waals surface area contributed by atoms with Crippen LogP contribution in [0.2, 0.25) is 0 Å². The molecule has 2 fully saturated rings. The summed E-state index contributed by atoms with van der Waals surface area (Å²) in [5.41, 5.74) is 2.84. The van der Waals surface area contributed by atoms with Crippen molar-refractivity contribution >= 4 is 23.8 Å². The molecule has 1 heterocycles. The Morgan fingerprint density at radius 2 is 1.61 bits per heavy atom. The lowest BCUT2D eigenvalue weighted by Gasteiger charge is -2.44. The van der Waals surface area contributed by atoms with Gasteiger partial charge in [0.1, 0.15) is 23.7 Å². The van der Waals surface area contributed by atoms with E-state index in [-0.39, 0.29) is 23.8 Å². The molecular weight excluding hydrogens is 618 g/mol. The van der Waals surface area contributed by atoms with Gasteiger partial charge in [-0.15, -0.1) is 0 Å². The first kappa shape index (κ1) is 36.4. The first-order valence-corrected chi connectivity index (χ1v) is 18.1. The molecule has 2 aromatic rings. The van der Waals surface area contributed by atoms with Crippen molar-refractivity contribution in [2.75, 3.05) is 26.7 Å². The zero-order valence-electron chi connectivity index (χ0n) is 30.0. The third-order valence-electron chi connectivity index (χ3n) is 10.3. The van der Waals surface area contributed by atoms with Crippen LogP contribution in [0.5, 0.6) is 0 Å². The highest BCUT2D eigenvalue weighted by molar-refractivity contribution is 5.94. The monoisotopic (exact) mass is 673 g/mol. The maximum atomic E-state index is 14.7. The van der Waals surface area contributed by atoms with Gasteiger partial charge in [-0.25, -0.2) is 4.79 Å². The molecule has 0 aromatic heterocycles. The van der Waals surface area contributed by atoms with Gasteiger partial charge in [-0.2, -0.15) is 0 Å². The molecule has 49 heavy (non-hydrogen) atoms. The largest absolute Gasteiger partial charge is 0.444 e. The first-order chi connectivity index (χ1) is 23.4. The molecule has 1 saturated heterocycles. The molecule has 4 unspecified atom stereocenters. The van der Waals surface area contributed by atoms with Crippen molar-refractivity contribution in [2.24, 2.45) is 5.92 Å². The molecule has 3 aliphatic rings. The molecule has 5 rings (SSSR count). The van der Waals surface area contributed by atoms with Crippen molar-refractivity contribution in [1.82, 2.24) is 25.3 Å². The van der Waals surface area contributed by atoms with Crippen LogP contribution in [0.15, 0.2) is 54.6 Å². The number of fused-ring (bicyclic) bond motifs is 1. The second kappa shape index (κ2) is 16.2. The van der Waals surface area contributed by atoms with Crippen molar-refractivity contribution in [1.29, 1.82) is 0 Å². The number of nitrogens with zero attached hydrogens (tertiary/aromatic N) is 3. The number of amides is 4. The van der Waals surface area contributed by atoms with Crippen LogP contribution in [0, 0.1) is 5.92 Å². The summed E-state index contributed by atoms with van der Waals surface area (Å²) in [6.45, 7) is 9.03. The van der Waals surface area contributed by atoms with Crippen LogP contribution in [0.4, 0.5) is 4.79 Å². The summed E-state index contributed by atoms with van der Waals surface area (Å²) in [4.78, 5) is 60.8. The molecule has 1 aliphatic heterocycles. The highest BCUT2D eigenvalue weighted by Gasteiger charge is 2.42. The van der Waals surface area contributed by atoms with Crippen molar-refractivity contribution in [3.8, 4) is 0 Å². The highest BCUT2D eigenvalue weighted by Crippen LogP contribution is 2.31. The van der Waals surface area contributed by atoms with Crippen LogP contribution >= 0.6 is 0 Å². The highest BCUT2D eigenvalue weighted by atomic mass is 16.6. The number of likely N-dealkylation sites (N-methyl/N-ethyl adjacent to an activating group) is 1. The molecule has 0 spiro atoms. The molecule has 266 valence electrons. The average Bonchev–Trinajstić information content (AvgIpc) is 3.09. The molecule has 0 bridgehead atoms. The summed E-state index contributed by atoms with van der Waals surface area (Å²) in [5, 5.41) is 6.39. The third kappa shape index (κ3) is 9.41. The predicted octanol–water partition coefficient (Wildman–Crippen LogP) is 5.21. The lowest BCUT2D eigenvalue weighted by atomic mass is 9.82. The minimum atomic E-state index is -0.859. The van der Waals surface area contributed by atoms with Gasteiger partial charge in [0.05, 0.1) is 6.04 Å². The zero-order valence-corrected chi connectivity index (χ0v) is 30.0. The fourth-order valence-electron chi connectivity index (χ4n) is 7.45. The van der Waals surface area contributed by atoms with Crippen LogP contribution < -0.4 is 10.6 Å². The van der Waals surface area contributed by atoms with Crippen LogP contribution in [0.1, 0.15) is 95.4 Å². The van der Waals surface area contributed by atoms with Gasteiger partial charge < -0.3 is 20.3 Å². The summed E-state index contributed by atoms with van der Waals surface area (Å²) in [6.07, 6.45) is 6.91. The second-order valence-corrected chi connectivity index (χ2v) is 15.1. The van der Waals surface area contributed by atoms with E-state index < -0.39 is 35.7 Å². The number of nitrogens with one attached hydrogen (secondary N) is 2. The molecule has 0 radical (unpaired) electrons. The van der Waals surface area contributed by atoms with Gasteiger partial charge in [-0.1, -0.05) is 73.9 Å². The van der Waals surface area contributed by atoms with Crippen molar-refractivity contribution in [3.05, 3.63) is 71.3 Å². The van der Waals surface area contributed by atoms with Crippen molar-refractivity contribution in [3.63, 3.8) is 0 Å². The van der Waals surface area contributed by atoms with Gasteiger partial charge in [0.2, 0.25) is 17.7 Å². The molecule has 2 aliphatic carbocycles. The summed E-state index contributed by atoms with van der Waals surface area (Å²) in [7, 11) is 1.53. The Morgan fingerprint density at radius 3 is 2.33 bits per heavy atom. The van der Waals surface area contributed by atoms with E-state index in [0.717, 1.165) is 62.5 Å². The number of ether oxygens (including phenoxy) is 1. The van der Waals surface area contributed by atoms with E-state index in [1.54, 1.807) is 32.6 Å². The summed E-state index contributed by atoms with van der Waals surface area (Å²) < 4.78 is 5.49. The Hall–Kier alpha value is -3.92. The Kier molecular flexibility index (Phi) is 12.0. The number of carbonyl (C=O) groups is 4. The summed E-state index contributed by atoms with van der Waals surface area (Å²) in [5.74, 6) is -0.865. The SMILES string of the molecule is CC(C(=O)NC(C(=O)N1CCN(Cc2ccccc2)CC1C(=O)NC1CCCc2ccccc21)C1CCCCC1)N(C)C(=O)OC(C)(C)C. The fourth-order valence-corrected chi connectivity index (χ4v) is 7.45. The number of carbonyl (C=O) groups excluding carboxylic acids is 4. The number of hydrogen-bond donors (Lipinski definition) is 2. The Balaban J connectivity index is 1.38. The molecule has 2 aromatic carbocycles. The minimum absolute atomic E-state index is 0.0551. The standard InChI is InChI=1S/C39H55N5O5/c1-27(42(5)38(48)49-39(2,3)4)35(45)41-34(30-18-10-7-11-19-30)37(47)44-24-23-43(25-28-15-8-6-9-16-28)26-33(44)36(46)40-32-22-14-20-29-17-12-13-21-31(29)32/h6,8-9,12-13,15-17,21,27,30,32-34H,7,10-11,14,18-20,22-26H2,1-5H3,(H,40,46)(H,41,45). The maximum absolute atomic E-state index is 14.7. The van der Waals surface area contributed by atoms with Crippen molar-refractivity contribution < 1.29 is 23.9 Å². The molecule has 10 nitrogen and oxygen atoms in total. The van der Waals surface area contributed by atoms with Gasteiger partial charge in [0.25, 0.3) is 0 Å². The maximum Gasteiger partial charge on any atom is 0.410 e. The number of hydrogen-bond acceptors (Lipinski definition) is 6. The quantitative estimate of drug-likeness (QED) is 0.378. The van der Waals surface area contributed by atoms with E-state index in [0.29, 0.717) is 26.2 Å². The fraction of sp³-hybridized carbons (Fsp3) is 0.590. The predicted molar refractivity (Wildman–Crippen MR) is 189 cm³/mol. The van der Waals surface area contributed by atoms with Gasteiger partial charge in [0, 0.05) is 33.2 Å². The van der Waals surface area contributed by atoms with Gasteiger partial charge in [0.15, 0.2) is 0 Å². The lowest BCUT2D eigenvalue weighted by Crippen LogP contribution is -2.65. The molecule has 2 N–H and O–H groups in total. The van der Waals surface area contributed by atoms with E-state index in [4.69, 9.17) is 4.74 Å². The van der Waals surface area contributed by atoms with Crippen molar-refractivity contribution in [2.45, 2.75) is 115 Å². The second-order valence-electron chi connectivity index (χ2n) is 15.1. The molecular formula is C39H55N5O5. The molecule has 4 amide bonds. The third-order valence-corrected chi connectivity index (χ3v) is 10.3. The Morgan fingerprint density at radius 1 is 0.918 bits per heavy atom. The van der Waals surface area contributed by atoms with Crippen LogP contribution in [-0.2, 0) is 32.1 Å². The lowest BCUT2D eigenvalue weighted by molar-refractivity contribution is -0.149. The normalized spacial score (nSPS) is 21.5. The van der Waals surface area contributed by atoms with E-state index >= 15 is 0 Å². The van der Waals surface area contributed by atoms with Crippen LogP contribution in [-0.4, -0.2) is 88.9 Å². The number of benzene rings is 2. The Labute approximate surface area is 291 Å². The smallest absolute Gasteiger partial charge is 0.410 e. The number of piperazine rings is 1. The molecule has 1 saturated carbocycles. The first-order valence-electron chi connectivity index (χ1n) is 18.1. The number of aryl methyl sites for hydroxylation is 1. The van der Waals surface area contributed by atoms with Gasteiger partial charge >= 0.3 is 6.09 Å². The van der Waals surface area contributed by atoms with E-state index in [1.807, 2.05) is 30.3 Å². The summed E-state index contributed by atoms with van der Waals surface area (Å²) in [6, 6.07) is 16.0. The Bertz CT molecular complexity index is 1450. The van der Waals surface area contributed by atoms with E-state index in [9.17, 15) is 19.2 Å². The average molecular weight is 674 g/mol. The van der Waals surface area contributed by atoms with Gasteiger partial charge in [-0.05, 0) is 82.4 Å². The van der Waals surface area contributed by atoms with Crippen LogP contribution in [0.3, 0.4) is 0 Å².